The molecule has 0 bridgehead atoms. The first-order chi connectivity index (χ1) is 7.71. The second-order valence-electron chi connectivity index (χ2n) is 5.24. The number of carboxylic acids is 1. The zero-order valence-corrected chi connectivity index (χ0v) is 10.5. The van der Waals surface area contributed by atoms with Gasteiger partial charge in [0.2, 0.25) is 6.10 Å². The van der Waals surface area contributed by atoms with Crippen molar-refractivity contribution in [2.45, 2.75) is 46.3 Å². The van der Waals surface area contributed by atoms with Crippen molar-refractivity contribution in [2.24, 2.45) is 10.6 Å². The van der Waals surface area contributed by atoms with Gasteiger partial charge in [-0.15, -0.1) is 0 Å². The number of nitrogens with one attached hydrogen (secondary N) is 1. The molecule has 6 heteroatoms. The largest absolute Gasteiger partial charge is 0.477 e. The summed E-state index contributed by atoms with van der Waals surface area (Å²) in [6.07, 6.45) is -0.816. The molecule has 0 saturated carbocycles. The Morgan fingerprint density at radius 3 is 2.53 bits per heavy atom. The maximum absolute atomic E-state index is 11.8. The monoisotopic (exact) mass is 242 g/mol. The maximum atomic E-state index is 11.8. The molecule has 2 N–H and O–H groups in total. The highest BCUT2D eigenvalue weighted by atomic mass is 16.6. The van der Waals surface area contributed by atoms with Gasteiger partial charge in [0.15, 0.2) is 5.71 Å². The van der Waals surface area contributed by atoms with E-state index in [0.717, 1.165) is 0 Å². The summed E-state index contributed by atoms with van der Waals surface area (Å²) in [6, 6.07) is -0.0347. The van der Waals surface area contributed by atoms with Crippen molar-refractivity contribution in [3.8, 4) is 0 Å². The fourth-order valence-electron chi connectivity index (χ4n) is 1.17. The number of nitrogens with zero attached hydrogens (tertiary/aromatic N) is 1. The third-order valence-corrected chi connectivity index (χ3v) is 2.87. The van der Waals surface area contributed by atoms with Gasteiger partial charge in [0.25, 0.3) is 5.91 Å². The maximum Gasteiger partial charge on any atom is 0.353 e. The van der Waals surface area contributed by atoms with Gasteiger partial charge in [0.05, 0.1) is 0 Å². The lowest BCUT2D eigenvalue weighted by atomic mass is 9.88. The first kappa shape index (κ1) is 13.5. The van der Waals surface area contributed by atoms with Gasteiger partial charge in [-0.05, 0) is 12.3 Å². The van der Waals surface area contributed by atoms with E-state index < -0.39 is 12.1 Å². The van der Waals surface area contributed by atoms with Crippen LogP contribution in [0.25, 0.3) is 0 Å². The van der Waals surface area contributed by atoms with Gasteiger partial charge in [-0.1, -0.05) is 25.9 Å². The molecular weight excluding hydrogens is 224 g/mol. The molecule has 0 aliphatic carbocycles. The number of oxime groups is 1. The lowest BCUT2D eigenvalue weighted by Crippen LogP contribution is -2.46. The molecule has 96 valence electrons. The molecule has 1 heterocycles. The predicted molar refractivity (Wildman–Crippen MR) is 61.6 cm³/mol. The minimum absolute atomic E-state index is 0.0119. The fourth-order valence-corrected chi connectivity index (χ4v) is 1.17. The van der Waals surface area contributed by atoms with Gasteiger partial charge in [-0.25, -0.2) is 4.79 Å². The SMILES string of the molecule is CC(NC(=O)C1CC(C(=O)O)=NO1)C(C)(C)C. The van der Waals surface area contributed by atoms with E-state index in [9.17, 15) is 9.59 Å². The summed E-state index contributed by atoms with van der Waals surface area (Å²) in [4.78, 5) is 27.2. The number of hydrogen-bond acceptors (Lipinski definition) is 4. The highest BCUT2D eigenvalue weighted by Crippen LogP contribution is 2.19. The van der Waals surface area contributed by atoms with E-state index in [4.69, 9.17) is 9.94 Å². The van der Waals surface area contributed by atoms with E-state index in [0.29, 0.717) is 0 Å². The molecule has 0 aromatic heterocycles. The molecule has 2 unspecified atom stereocenters. The molecule has 17 heavy (non-hydrogen) atoms. The second kappa shape index (κ2) is 4.73. The Bertz CT molecular complexity index is 357. The Morgan fingerprint density at radius 2 is 2.12 bits per heavy atom. The molecule has 1 rings (SSSR count). The standard InChI is InChI=1S/C11H18N2O4/c1-6(11(2,3)4)12-9(14)8-5-7(10(15)16)13-17-8/h6,8H,5H2,1-4H3,(H,12,14)(H,15,16). The van der Waals surface area contributed by atoms with E-state index in [1.807, 2.05) is 27.7 Å². The first-order valence-corrected chi connectivity index (χ1v) is 5.48. The summed E-state index contributed by atoms with van der Waals surface area (Å²) in [7, 11) is 0. The van der Waals surface area contributed by atoms with E-state index in [1.54, 1.807) is 0 Å². The van der Waals surface area contributed by atoms with E-state index >= 15 is 0 Å². The smallest absolute Gasteiger partial charge is 0.353 e. The van der Waals surface area contributed by atoms with Crippen LogP contribution in [0.15, 0.2) is 5.16 Å². The van der Waals surface area contributed by atoms with Crippen LogP contribution < -0.4 is 5.32 Å². The number of aliphatic carboxylic acids is 1. The van der Waals surface area contributed by atoms with Crippen LogP contribution >= 0.6 is 0 Å². The van der Waals surface area contributed by atoms with E-state index in [1.165, 1.54) is 0 Å². The van der Waals surface area contributed by atoms with Gasteiger partial charge >= 0.3 is 5.97 Å². The van der Waals surface area contributed by atoms with Crippen molar-refractivity contribution in [1.29, 1.82) is 0 Å². The van der Waals surface area contributed by atoms with Crippen LogP contribution in [0, 0.1) is 5.41 Å². The Hall–Kier alpha value is -1.59. The highest BCUT2D eigenvalue weighted by Gasteiger charge is 2.33. The van der Waals surface area contributed by atoms with E-state index in [2.05, 4.69) is 10.5 Å². The van der Waals surface area contributed by atoms with Crippen molar-refractivity contribution >= 4 is 17.6 Å². The third-order valence-electron chi connectivity index (χ3n) is 2.87. The highest BCUT2D eigenvalue weighted by molar-refractivity contribution is 6.36. The molecule has 1 aliphatic heterocycles. The summed E-state index contributed by atoms with van der Waals surface area (Å²) in [5.41, 5.74) is -0.182. The fraction of sp³-hybridized carbons (Fsp3) is 0.727. The molecule has 1 aliphatic rings. The summed E-state index contributed by atoms with van der Waals surface area (Å²) in [5, 5.41) is 14.8. The molecule has 1 amide bonds. The summed E-state index contributed by atoms with van der Waals surface area (Å²) < 4.78 is 0. The van der Waals surface area contributed by atoms with Crippen molar-refractivity contribution in [3.63, 3.8) is 0 Å². The van der Waals surface area contributed by atoms with Crippen molar-refractivity contribution in [2.75, 3.05) is 0 Å². The number of hydrogen-bond donors (Lipinski definition) is 2. The van der Waals surface area contributed by atoms with Crippen molar-refractivity contribution in [1.82, 2.24) is 5.32 Å². The van der Waals surface area contributed by atoms with Gasteiger partial charge in [-0.2, -0.15) is 0 Å². The molecule has 0 saturated heterocycles. The number of carbonyl (C=O) groups is 2. The average molecular weight is 242 g/mol. The Kier molecular flexibility index (Phi) is 3.75. The second-order valence-corrected chi connectivity index (χ2v) is 5.24. The third kappa shape index (κ3) is 3.44. The van der Waals surface area contributed by atoms with Gasteiger partial charge in [0.1, 0.15) is 0 Å². The molecule has 0 aromatic rings. The quantitative estimate of drug-likeness (QED) is 0.765. The van der Waals surface area contributed by atoms with Gasteiger partial charge in [0, 0.05) is 12.5 Å². The molecule has 0 radical (unpaired) electrons. The van der Waals surface area contributed by atoms with Crippen molar-refractivity contribution < 1.29 is 19.5 Å². The lowest BCUT2D eigenvalue weighted by molar-refractivity contribution is -0.132. The van der Waals surface area contributed by atoms with Gasteiger partial charge < -0.3 is 15.3 Å². The Morgan fingerprint density at radius 1 is 1.53 bits per heavy atom. The Balaban J connectivity index is 2.50. The minimum atomic E-state index is -1.15. The summed E-state index contributed by atoms with van der Waals surface area (Å²) in [6.45, 7) is 7.91. The molecule has 0 spiro atoms. The molecule has 0 fully saturated rings. The zero-order valence-electron chi connectivity index (χ0n) is 10.5. The first-order valence-electron chi connectivity index (χ1n) is 5.48. The molecule has 2 atom stereocenters. The Labute approximate surface area is 100 Å². The number of rotatable bonds is 3. The van der Waals surface area contributed by atoms with Crippen LogP contribution in [0.3, 0.4) is 0 Å². The van der Waals surface area contributed by atoms with Gasteiger partial charge in [-0.3, -0.25) is 4.79 Å². The van der Waals surface area contributed by atoms with Crippen LogP contribution in [0.5, 0.6) is 0 Å². The van der Waals surface area contributed by atoms with Crippen LogP contribution in [0.1, 0.15) is 34.1 Å². The average Bonchev–Trinajstić information content (AvgIpc) is 2.64. The minimum Gasteiger partial charge on any atom is -0.477 e. The molecule has 6 nitrogen and oxygen atoms in total. The number of amides is 1. The summed E-state index contributed by atoms with van der Waals surface area (Å²) in [5.74, 6) is -1.48. The topological polar surface area (TPSA) is 88.0 Å². The molecular formula is C11H18N2O4. The van der Waals surface area contributed by atoms with Crippen LogP contribution in [-0.2, 0) is 14.4 Å². The van der Waals surface area contributed by atoms with Crippen molar-refractivity contribution in [3.05, 3.63) is 0 Å². The number of carboxylic acid groups (broad SMARTS) is 1. The normalized spacial score (nSPS) is 21.4. The van der Waals surface area contributed by atoms with Crippen LogP contribution in [0.4, 0.5) is 0 Å². The van der Waals surface area contributed by atoms with E-state index in [-0.39, 0.29) is 29.5 Å². The lowest BCUT2D eigenvalue weighted by Gasteiger charge is -2.28. The number of carbonyl (C=O) groups excluding carboxylic acids is 1. The summed E-state index contributed by atoms with van der Waals surface area (Å²) >= 11 is 0. The predicted octanol–water partition coefficient (Wildman–Crippen LogP) is 0.767. The van der Waals surface area contributed by atoms with Crippen LogP contribution in [-0.4, -0.2) is 34.8 Å². The molecule has 0 aromatic carbocycles. The zero-order chi connectivity index (χ0) is 13.2. The van der Waals surface area contributed by atoms with Crippen LogP contribution in [0.2, 0.25) is 0 Å².